The van der Waals surface area contributed by atoms with E-state index in [4.69, 9.17) is 14.0 Å². The number of hydrogen-bond acceptors (Lipinski definition) is 7. The van der Waals surface area contributed by atoms with Crippen molar-refractivity contribution in [3.8, 4) is 5.75 Å². The van der Waals surface area contributed by atoms with E-state index >= 15 is 0 Å². The van der Waals surface area contributed by atoms with Crippen LogP contribution in [0, 0.1) is 6.92 Å². The molecule has 23 heavy (non-hydrogen) atoms. The molecule has 122 valence electrons. The monoisotopic (exact) mass is 382 g/mol. The summed E-state index contributed by atoms with van der Waals surface area (Å²) >= 11 is 3.30. The molecule has 0 saturated carbocycles. The Bertz CT molecular complexity index is 714. The van der Waals surface area contributed by atoms with Gasteiger partial charge in [0.15, 0.2) is 18.2 Å². The number of nitrogens with zero attached hydrogens (tertiary/aromatic N) is 2. The lowest BCUT2D eigenvalue weighted by Gasteiger charge is -2.08. The van der Waals surface area contributed by atoms with E-state index in [2.05, 4.69) is 26.1 Å². The molecular formula is C15H15BrN2O5. The fourth-order valence-electron chi connectivity index (χ4n) is 1.86. The number of halogens is 1. The van der Waals surface area contributed by atoms with Crippen LogP contribution in [0.3, 0.4) is 0 Å². The zero-order valence-electron chi connectivity index (χ0n) is 12.7. The van der Waals surface area contributed by atoms with Crippen LogP contribution in [0.5, 0.6) is 5.75 Å². The molecule has 1 aromatic carbocycles. The number of esters is 1. The quantitative estimate of drug-likeness (QED) is 0.536. The third kappa shape index (κ3) is 4.88. The van der Waals surface area contributed by atoms with Crippen LogP contribution >= 0.6 is 15.9 Å². The summed E-state index contributed by atoms with van der Waals surface area (Å²) in [6, 6.07) is 5.12. The Labute approximate surface area is 141 Å². The van der Waals surface area contributed by atoms with Crippen LogP contribution in [-0.2, 0) is 16.1 Å². The Hall–Kier alpha value is -2.22. The lowest BCUT2D eigenvalue weighted by atomic mass is 10.1. The van der Waals surface area contributed by atoms with E-state index in [1.165, 1.54) is 7.11 Å². The van der Waals surface area contributed by atoms with Gasteiger partial charge in [0.1, 0.15) is 5.75 Å². The van der Waals surface area contributed by atoms with Gasteiger partial charge in [-0.25, -0.2) is 0 Å². The Morgan fingerprint density at radius 2 is 2.09 bits per heavy atom. The van der Waals surface area contributed by atoms with Crippen LogP contribution in [0.25, 0.3) is 0 Å². The fraction of sp³-hybridized carbons (Fsp3) is 0.333. The first kappa shape index (κ1) is 17.1. The van der Waals surface area contributed by atoms with Crippen LogP contribution in [-0.4, -0.2) is 29.0 Å². The maximum absolute atomic E-state index is 12.2. The van der Waals surface area contributed by atoms with Gasteiger partial charge < -0.3 is 14.0 Å². The minimum atomic E-state index is -0.511. The highest BCUT2D eigenvalue weighted by Gasteiger charge is 2.15. The van der Waals surface area contributed by atoms with Crippen molar-refractivity contribution in [1.82, 2.24) is 10.1 Å². The van der Waals surface area contributed by atoms with Crippen molar-refractivity contribution >= 4 is 27.7 Å². The second-order valence-corrected chi connectivity index (χ2v) is 5.58. The zero-order chi connectivity index (χ0) is 16.8. The van der Waals surface area contributed by atoms with Gasteiger partial charge >= 0.3 is 5.97 Å². The van der Waals surface area contributed by atoms with Gasteiger partial charge in [0.2, 0.25) is 0 Å². The third-order valence-corrected chi connectivity index (χ3v) is 3.44. The summed E-state index contributed by atoms with van der Waals surface area (Å²) in [7, 11) is 1.49. The largest absolute Gasteiger partial charge is 0.496 e. The number of hydrogen-bond donors (Lipinski definition) is 0. The molecule has 0 saturated heterocycles. The smallest absolute Gasteiger partial charge is 0.306 e. The molecule has 8 heteroatoms. The van der Waals surface area contributed by atoms with Gasteiger partial charge in [-0.05, 0) is 25.1 Å². The van der Waals surface area contributed by atoms with Crippen LogP contribution < -0.4 is 4.74 Å². The lowest BCUT2D eigenvalue weighted by Crippen LogP contribution is -2.09. The average Bonchev–Trinajstić information content (AvgIpc) is 2.96. The van der Waals surface area contributed by atoms with Crippen molar-refractivity contribution < 1.29 is 23.6 Å². The molecule has 7 nitrogen and oxygen atoms in total. The molecule has 0 unspecified atom stereocenters. The SMILES string of the molecule is COc1ccc(Br)cc1C(=O)CCC(=O)OCc1nc(C)no1. The molecule has 2 rings (SSSR count). The maximum atomic E-state index is 12.2. The van der Waals surface area contributed by atoms with Crippen molar-refractivity contribution in [2.75, 3.05) is 7.11 Å². The topological polar surface area (TPSA) is 91.5 Å². The summed E-state index contributed by atoms with van der Waals surface area (Å²) in [5, 5.41) is 3.59. The molecule has 0 spiro atoms. The van der Waals surface area contributed by atoms with E-state index in [0.717, 1.165) is 4.47 Å². The van der Waals surface area contributed by atoms with E-state index in [-0.39, 0.29) is 31.1 Å². The lowest BCUT2D eigenvalue weighted by molar-refractivity contribution is -0.145. The van der Waals surface area contributed by atoms with Crippen LogP contribution in [0.1, 0.15) is 34.9 Å². The van der Waals surface area contributed by atoms with Gasteiger partial charge in [-0.3, -0.25) is 9.59 Å². The molecular weight excluding hydrogens is 368 g/mol. The van der Waals surface area contributed by atoms with Crippen molar-refractivity contribution in [3.05, 3.63) is 40.0 Å². The molecule has 0 N–H and O–H groups in total. The standard InChI is InChI=1S/C15H15BrN2O5/c1-9-17-14(23-18-9)8-22-15(20)6-4-12(19)11-7-10(16)3-5-13(11)21-2/h3,5,7H,4,6,8H2,1-2H3. The summed E-state index contributed by atoms with van der Waals surface area (Å²) in [6.45, 7) is 1.56. The van der Waals surface area contributed by atoms with Gasteiger partial charge in [-0.2, -0.15) is 4.98 Å². The molecule has 0 aliphatic heterocycles. The third-order valence-electron chi connectivity index (χ3n) is 2.94. The van der Waals surface area contributed by atoms with E-state index < -0.39 is 5.97 Å². The number of aromatic nitrogens is 2. The second-order valence-electron chi connectivity index (χ2n) is 4.66. The molecule has 0 fully saturated rings. The number of carbonyl (C=O) groups is 2. The first-order valence-electron chi connectivity index (χ1n) is 6.81. The molecule has 0 atom stereocenters. The molecule has 0 aliphatic carbocycles. The number of aryl methyl sites for hydroxylation is 1. The highest BCUT2D eigenvalue weighted by molar-refractivity contribution is 9.10. The van der Waals surface area contributed by atoms with Gasteiger partial charge in [-0.1, -0.05) is 21.1 Å². The van der Waals surface area contributed by atoms with E-state index in [0.29, 0.717) is 17.1 Å². The predicted octanol–water partition coefficient (Wildman–Crippen LogP) is 2.86. The summed E-state index contributed by atoms with van der Waals surface area (Å²) in [4.78, 5) is 27.8. The first-order valence-corrected chi connectivity index (χ1v) is 7.60. The van der Waals surface area contributed by atoms with Gasteiger partial charge in [-0.15, -0.1) is 0 Å². The Morgan fingerprint density at radius 3 is 2.74 bits per heavy atom. The van der Waals surface area contributed by atoms with Crippen LogP contribution in [0.4, 0.5) is 0 Å². The minimum absolute atomic E-state index is 0.0223. The molecule has 1 aromatic heterocycles. The Morgan fingerprint density at radius 1 is 1.30 bits per heavy atom. The Kier molecular flexibility index (Phi) is 5.86. The molecule has 0 bridgehead atoms. The predicted molar refractivity (Wildman–Crippen MR) is 83.1 cm³/mol. The number of Topliss-reactive ketones (excluding diaryl/α,β-unsaturated/α-hetero) is 1. The van der Waals surface area contributed by atoms with Crippen molar-refractivity contribution in [1.29, 1.82) is 0 Å². The van der Waals surface area contributed by atoms with Crippen molar-refractivity contribution in [2.45, 2.75) is 26.4 Å². The van der Waals surface area contributed by atoms with Crippen molar-refractivity contribution in [2.24, 2.45) is 0 Å². The molecule has 0 amide bonds. The second kappa shape index (κ2) is 7.87. The number of ketones is 1. The van der Waals surface area contributed by atoms with Gasteiger partial charge in [0, 0.05) is 10.9 Å². The fourth-order valence-corrected chi connectivity index (χ4v) is 2.22. The molecule has 2 aromatic rings. The van der Waals surface area contributed by atoms with Crippen LogP contribution in [0.15, 0.2) is 27.2 Å². The Balaban J connectivity index is 1.86. The van der Waals surface area contributed by atoms with E-state index in [9.17, 15) is 9.59 Å². The summed E-state index contributed by atoms with van der Waals surface area (Å²) in [6.07, 6.45) is -0.0177. The van der Waals surface area contributed by atoms with E-state index in [1.54, 1.807) is 25.1 Å². The highest BCUT2D eigenvalue weighted by Crippen LogP contribution is 2.24. The van der Waals surface area contributed by atoms with E-state index in [1.807, 2.05) is 0 Å². The van der Waals surface area contributed by atoms with Crippen molar-refractivity contribution in [3.63, 3.8) is 0 Å². The number of rotatable bonds is 7. The van der Waals surface area contributed by atoms with Crippen LogP contribution in [0.2, 0.25) is 0 Å². The normalized spacial score (nSPS) is 10.4. The first-order chi connectivity index (χ1) is 11.0. The van der Waals surface area contributed by atoms with Gasteiger partial charge in [0.25, 0.3) is 5.89 Å². The molecule has 0 radical (unpaired) electrons. The molecule has 1 heterocycles. The average molecular weight is 383 g/mol. The summed E-state index contributed by atoms with van der Waals surface area (Å²) < 4.78 is 15.7. The number of ether oxygens (including phenoxy) is 2. The van der Waals surface area contributed by atoms with Gasteiger partial charge in [0.05, 0.1) is 19.1 Å². The summed E-state index contributed by atoms with van der Waals surface area (Å²) in [5.74, 6) is 0.439. The highest BCUT2D eigenvalue weighted by atomic mass is 79.9. The zero-order valence-corrected chi connectivity index (χ0v) is 14.3. The molecule has 0 aliphatic rings. The summed E-state index contributed by atoms with van der Waals surface area (Å²) in [5.41, 5.74) is 0.419. The number of carbonyl (C=O) groups excluding carboxylic acids is 2. The number of benzene rings is 1. The minimum Gasteiger partial charge on any atom is -0.496 e. The maximum Gasteiger partial charge on any atom is 0.306 e. The number of methoxy groups -OCH3 is 1.